The van der Waals surface area contributed by atoms with Crippen LogP contribution in [0.5, 0.6) is 0 Å². The molecule has 0 unspecified atom stereocenters. The molecule has 21 heavy (non-hydrogen) atoms. The van der Waals surface area contributed by atoms with E-state index in [1.165, 1.54) is 12.1 Å². The van der Waals surface area contributed by atoms with Crippen LogP contribution >= 0.6 is 11.6 Å². The van der Waals surface area contributed by atoms with Crippen LogP contribution in [0.15, 0.2) is 23.1 Å². The van der Waals surface area contributed by atoms with E-state index in [2.05, 4.69) is 4.72 Å². The summed E-state index contributed by atoms with van der Waals surface area (Å²) in [6, 6.07) is 3.13. The lowest BCUT2D eigenvalue weighted by molar-refractivity contribution is -0.385. The molecule has 1 aliphatic rings. The Morgan fingerprint density at radius 3 is 2.19 bits per heavy atom. The van der Waals surface area contributed by atoms with E-state index in [1.54, 1.807) is 0 Å². The molecule has 0 radical (unpaired) electrons. The van der Waals surface area contributed by atoms with Crippen LogP contribution in [0, 0.1) is 20.9 Å². The van der Waals surface area contributed by atoms with E-state index in [0.29, 0.717) is 0 Å². The van der Waals surface area contributed by atoms with Gasteiger partial charge in [0.25, 0.3) is 5.69 Å². The van der Waals surface area contributed by atoms with Gasteiger partial charge in [-0.2, -0.15) is 0 Å². The highest BCUT2D eigenvalue weighted by molar-refractivity contribution is 7.89. The minimum atomic E-state index is -3.91. The minimum Gasteiger partial charge on any atom is -0.258 e. The van der Waals surface area contributed by atoms with Crippen molar-refractivity contribution in [3.8, 4) is 0 Å². The van der Waals surface area contributed by atoms with Crippen molar-refractivity contribution in [2.45, 2.75) is 38.6 Å². The highest BCUT2D eigenvalue weighted by Crippen LogP contribution is 2.63. The molecule has 1 saturated carbocycles. The molecule has 1 aliphatic carbocycles. The van der Waals surface area contributed by atoms with Gasteiger partial charge in [0.1, 0.15) is 4.90 Å². The van der Waals surface area contributed by atoms with Gasteiger partial charge in [0.15, 0.2) is 0 Å². The van der Waals surface area contributed by atoms with Crippen LogP contribution in [0.25, 0.3) is 0 Å². The topological polar surface area (TPSA) is 89.3 Å². The summed E-state index contributed by atoms with van der Waals surface area (Å²) in [5.74, 6) is 0. The van der Waals surface area contributed by atoms with E-state index in [9.17, 15) is 18.5 Å². The fourth-order valence-corrected chi connectivity index (χ4v) is 4.57. The maximum atomic E-state index is 12.4. The van der Waals surface area contributed by atoms with Gasteiger partial charge in [0.2, 0.25) is 10.0 Å². The molecular formula is C13H17ClN2O4S. The van der Waals surface area contributed by atoms with Crippen molar-refractivity contribution in [1.82, 2.24) is 4.72 Å². The standard InChI is InChI=1S/C13H17ClN2O4S/c1-12(2)11(13(12,3)4)15-21(19,20)10-7-8(16(17)18)5-6-9(10)14/h5-7,11,15H,1-4H3. The van der Waals surface area contributed by atoms with Gasteiger partial charge in [0, 0.05) is 18.2 Å². The quantitative estimate of drug-likeness (QED) is 0.678. The number of sulfonamides is 1. The molecule has 0 aliphatic heterocycles. The van der Waals surface area contributed by atoms with Crippen LogP contribution in [-0.4, -0.2) is 19.4 Å². The molecule has 0 spiro atoms. The largest absolute Gasteiger partial charge is 0.270 e. The van der Waals surface area contributed by atoms with E-state index in [1.807, 2.05) is 27.7 Å². The van der Waals surface area contributed by atoms with Gasteiger partial charge in [-0.1, -0.05) is 39.3 Å². The number of hydrogen-bond acceptors (Lipinski definition) is 4. The second-order valence-corrected chi connectivity index (χ2v) is 8.46. The highest BCUT2D eigenvalue weighted by Gasteiger charge is 2.66. The molecule has 0 atom stereocenters. The molecule has 8 heteroatoms. The number of benzene rings is 1. The fraction of sp³-hybridized carbons (Fsp3) is 0.538. The first kappa shape index (κ1) is 16.2. The Morgan fingerprint density at radius 1 is 1.24 bits per heavy atom. The maximum absolute atomic E-state index is 12.4. The molecular weight excluding hydrogens is 316 g/mol. The fourth-order valence-electron chi connectivity index (χ4n) is 2.52. The van der Waals surface area contributed by atoms with Gasteiger partial charge in [0.05, 0.1) is 9.95 Å². The SMILES string of the molecule is CC1(C)C(NS(=O)(=O)c2cc([N+](=O)[O-])ccc2Cl)C1(C)C. The van der Waals surface area contributed by atoms with Crippen molar-refractivity contribution in [1.29, 1.82) is 0 Å². The van der Waals surface area contributed by atoms with Crippen LogP contribution in [-0.2, 0) is 10.0 Å². The monoisotopic (exact) mass is 332 g/mol. The Bertz CT molecular complexity index is 699. The predicted molar refractivity (Wildman–Crippen MR) is 79.8 cm³/mol. The maximum Gasteiger partial charge on any atom is 0.270 e. The second kappa shape index (κ2) is 4.66. The molecule has 0 aromatic heterocycles. The van der Waals surface area contributed by atoms with Gasteiger partial charge < -0.3 is 0 Å². The summed E-state index contributed by atoms with van der Waals surface area (Å²) < 4.78 is 27.5. The number of nitrogens with one attached hydrogen (secondary N) is 1. The van der Waals surface area contributed by atoms with E-state index >= 15 is 0 Å². The first-order valence-electron chi connectivity index (χ1n) is 6.37. The Morgan fingerprint density at radius 2 is 1.76 bits per heavy atom. The van der Waals surface area contributed by atoms with Crippen molar-refractivity contribution in [3.63, 3.8) is 0 Å². The van der Waals surface area contributed by atoms with Crippen molar-refractivity contribution in [3.05, 3.63) is 33.3 Å². The number of nitro benzene ring substituents is 1. The molecule has 0 bridgehead atoms. The summed E-state index contributed by atoms with van der Waals surface area (Å²) in [5.41, 5.74) is -0.686. The normalized spacial score (nSPS) is 20.2. The number of rotatable bonds is 4. The summed E-state index contributed by atoms with van der Waals surface area (Å²) in [7, 11) is -3.91. The molecule has 1 aromatic rings. The average molecular weight is 333 g/mol. The Kier molecular flexibility index (Phi) is 3.59. The van der Waals surface area contributed by atoms with Gasteiger partial charge >= 0.3 is 0 Å². The third kappa shape index (κ3) is 2.54. The van der Waals surface area contributed by atoms with E-state index in [-0.39, 0.29) is 32.5 Å². The number of nitro groups is 1. The van der Waals surface area contributed by atoms with Crippen LogP contribution < -0.4 is 4.72 Å². The first-order chi connectivity index (χ1) is 9.41. The molecule has 2 rings (SSSR count). The van der Waals surface area contributed by atoms with Crippen molar-refractivity contribution in [2.75, 3.05) is 0 Å². The average Bonchev–Trinajstić information content (AvgIpc) is 2.71. The Balaban J connectivity index is 2.38. The number of halogens is 1. The number of hydrogen-bond donors (Lipinski definition) is 1. The van der Waals surface area contributed by atoms with Gasteiger partial charge in [-0.25, -0.2) is 13.1 Å². The smallest absolute Gasteiger partial charge is 0.258 e. The van der Waals surface area contributed by atoms with E-state index < -0.39 is 14.9 Å². The van der Waals surface area contributed by atoms with Crippen molar-refractivity contribution in [2.24, 2.45) is 10.8 Å². The molecule has 0 heterocycles. The zero-order chi connectivity index (χ0) is 16.2. The van der Waals surface area contributed by atoms with E-state index in [4.69, 9.17) is 11.6 Å². The molecule has 116 valence electrons. The van der Waals surface area contributed by atoms with E-state index in [0.717, 1.165) is 6.07 Å². The third-order valence-electron chi connectivity index (χ3n) is 4.71. The molecule has 1 N–H and O–H groups in total. The summed E-state index contributed by atoms with van der Waals surface area (Å²) in [6.45, 7) is 7.87. The first-order valence-corrected chi connectivity index (χ1v) is 8.23. The lowest BCUT2D eigenvalue weighted by atomic mass is 10.0. The zero-order valence-electron chi connectivity index (χ0n) is 12.2. The lowest BCUT2D eigenvalue weighted by Gasteiger charge is -2.09. The van der Waals surface area contributed by atoms with Crippen LogP contribution in [0.3, 0.4) is 0 Å². The summed E-state index contributed by atoms with van der Waals surface area (Å²) >= 11 is 5.89. The minimum absolute atomic E-state index is 0.0376. The highest BCUT2D eigenvalue weighted by atomic mass is 35.5. The molecule has 0 amide bonds. The van der Waals surface area contributed by atoms with Crippen molar-refractivity contribution >= 4 is 27.3 Å². The van der Waals surface area contributed by atoms with Crippen LogP contribution in [0.4, 0.5) is 5.69 Å². The van der Waals surface area contributed by atoms with Gasteiger partial charge in [-0.15, -0.1) is 0 Å². The number of nitrogens with zero attached hydrogens (tertiary/aromatic N) is 1. The van der Waals surface area contributed by atoms with Crippen LogP contribution in [0.1, 0.15) is 27.7 Å². The Hall–Kier alpha value is -1.18. The summed E-state index contributed by atoms with van der Waals surface area (Å²) in [4.78, 5) is 9.86. The van der Waals surface area contributed by atoms with Gasteiger partial charge in [-0.3, -0.25) is 10.1 Å². The third-order valence-corrected chi connectivity index (χ3v) is 6.61. The summed E-state index contributed by atoms with van der Waals surface area (Å²) in [6.07, 6.45) is 0. The molecule has 1 aromatic carbocycles. The predicted octanol–water partition coefficient (Wildman–Crippen LogP) is 2.96. The van der Waals surface area contributed by atoms with Crippen molar-refractivity contribution < 1.29 is 13.3 Å². The van der Waals surface area contributed by atoms with Crippen LogP contribution in [0.2, 0.25) is 5.02 Å². The number of non-ortho nitro benzene ring substituents is 1. The van der Waals surface area contributed by atoms with Gasteiger partial charge in [-0.05, 0) is 16.9 Å². The molecule has 1 fully saturated rings. The Labute approximate surface area is 128 Å². The molecule has 6 nitrogen and oxygen atoms in total. The molecule has 0 saturated heterocycles. The zero-order valence-corrected chi connectivity index (χ0v) is 13.7. The lowest BCUT2D eigenvalue weighted by Crippen LogP contribution is -2.30. The second-order valence-electron chi connectivity index (χ2n) is 6.37. The summed E-state index contributed by atoms with van der Waals surface area (Å²) in [5, 5.41) is 10.7.